The molecule has 0 spiro atoms. The monoisotopic (exact) mass is 297 g/mol. The van der Waals surface area contributed by atoms with E-state index in [1.165, 1.54) is 0 Å². The molecule has 0 bridgehead atoms. The molecule has 0 aliphatic carbocycles. The van der Waals surface area contributed by atoms with E-state index in [-0.39, 0.29) is 15.7 Å². The summed E-state index contributed by atoms with van der Waals surface area (Å²) in [6.07, 6.45) is 1.85. The Balaban J connectivity index is 3.62. The van der Waals surface area contributed by atoms with Crippen LogP contribution in [0.3, 0.4) is 0 Å². The van der Waals surface area contributed by atoms with Crippen LogP contribution in [0, 0.1) is 0 Å². The lowest BCUT2D eigenvalue weighted by molar-refractivity contribution is 0.479. The largest absolute Gasteiger partial charge is 0.238 e. The summed E-state index contributed by atoms with van der Waals surface area (Å²) < 4.78 is 23.6. The summed E-state index contributed by atoms with van der Waals surface area (Å²) in [5.74, 6) is 0. The van der Waals surface area contributed by atoms with Gasteiger partial charge < -0.3 is 0 Å². The maximum absolute atomic E-state index is 11.8. The van der Waals surface area contributed by atoms with Gasteiger partial charge in [-0.1, -0.05) is 53.7 Å². The predicted octanol–water partition coefficient (Wildman–Crippen LogP) is 3.71. The van der Waals surface area contributed by atoms with Crippen LogP contribution in [0.5, 0.6) is 0 Å². The number of hydrogen-bond acceptors (Lipinski definition) is 2. The van der Waals surface area contributed by atoms with Gasteiger partial charge in [-0.2, -0.15) is 0 Å². The summed E-state index contributed by atoms with van der Waals surface area (Å²) in [4.78, 5) is 0.250. The van der Waals surface area contributed by atoms with E-state index in [1.807, 2.05) is 12.1 Å². The van der Waals surface area contributed by atoms with Crippen molar-refractivity contribution in [1.29, 1.82) is 0 Å². The summed E-state index contributed by atoms with van der Waals surface area (Å²) in [7, 11) is -3.70. The van der Waals surface area contributed by atoms with E-state index in [4.69, 9.17) is 5.14 Å². The molecule has 4 heteroatoms. The normalized spacial score (nSPS) is 13.6. The molecule has 1 rings (SSSR count). The van der Waals surface area contributed by atoms with E-state index in [0.29, 0.717) is 0 Å². The van der Waals surface area contributed by atoms with Crippen molar-refractivity contribution in [2.24, 2.45) is 5.14 Å². The molecular weight excluding hydrogens is 270 g/mol. The molecule has 0 saturated carbocycles. The van der Waals surface area contributed by atoms with Crippen molar-refractivity contribution in [1.82, 2.24) is 0 Å². The highest BCUT2D eigenvalue weighted by Gasteiger charge is 2.28. The van der Waals surface area contributed by atoms with Crippen molar-refractivity contribution >= 4 is 10.0 Å². The first-order valence-electron chi connectivity index (χ1n) is 7.13. The summed E-state index contributed by atoms with van der Waals surface area (Å²) in [5.41, 5.74) is 1.78. The van der Waals surface area contributed by atoms with Gasteiger partial charge in [-0.05, 0) is 40.9 Å². The van der Waals surface area contributed by atoms with Gasteiger partial charge in [0.25, 0.3) is 0 Å². The zero-order chi connectivity index (χ0) is 15.8. The minimum absolute atomic E-state index is 0.0233. The zero-order valence-electron chi connectivity index (χ0n) is 13.4. The van der Waals surface area contributed by atoms with Crippen LogP contribution in [-0.4, -0.2) is 8.42 Å². The lowest BCUT2D eigenvalue weighted by atomic mass is 9.77. The minimum atomic E-state index is -3.70. The molecule has 20 heavy (non-hydrogen) atoms. The van der Waals surface area contributed by atoms with E-state index in [2.05, 4.69) is 41.5 Å². The predicted molar refractivity (Wildman–Crippen MR) is 84.4 cm³/mol. The third-order valence-corrected chi connectivity index (χ3v) is 5.53. The molecular formula is C16H27NO2S. The van der Waals surface area contributed by atoms with Crippen molar-refractivity contribution in [2.75, 3.05) is 0 Å². The van der Waals surface area contributed by atoms with E-state index in [0.717, 1.165) is 24.0 Å². The van der Waals surface area contributed by atoms with Gasteiger partial charge >= 0.3 is 0 Å². The van der Waals surface area contributed by atoms with E-state index >= 15 is 0 Å². The SMILES string of the molecule is CCC(C)(C)c1ccc(S(N)(=O)=O)c(C(C)(C)CC)c1. The van der Waals surface area contributed by atoms with Crippen LogP contribution in [0.25, 0.3) is 0 Å². The van der Waals surface area contributed by atoms with Gasteiger partial charge in [0, 0.05) is 0 Å². The molecule has 0 fully saturated rings. The van der Waals surface area contributed by atoms with Crippen molar-refractivity contribution in [3.05, 3.63) is 29.3 Å². The fourth-order valence-electron chi connectivity index (χ4n) is 2.12. The molecule has 0 atom stereocenters. The molecule has 1 aromatic carbocycles. The molecule has 0 unspecified atom stereocenters. The number of primary sulfonamides is 1. The lowest BCUT2D eigenvalue weighted by Crippen LogP contribution is -2.25. The van der Waals surface area contributed by atoms with Crippen LogP contribution in [0.15, 0.2) is 23.1 Å². The Labute approximate surface area is 123 Å². The number of rotatable bonds is 5. The molecule has 0 heterocycles. The Morgan fingerprint density at radius 3 is 1.90 bits per heavy atom. The Hall–Kier alpha value is -0.870. The second-order valence-corrected chi connectivity index (χ2v) is 8.26. The Morgan fingerprint density at radius 1 is 1.00 bits per heavy atom. The van der Waals surface area contributed by atoms with Gasteiger partial charge in [0.05, 0.1) is 4.90 Å². The number of hydrogen-bond donors (Lipinski definition) is 1. The van der Waals surface area contributed by atoms with E-state index in [9.17, 15) is 8.42 Å². The number of benzene rings is 1. The minimum Gasteiger partial charge on any atom is -0.225 e. The van der Waals surface area contributed by atoms with E-state index in [1.54, 1.807) is 6.07 Å². The zero-order valence-corrected chi connectivity index (χ0v) is 14.3. The standard InChI is InChI=1S/C16H27NO2S/c1-7-15(3,4)12-9-10-14(20(17,18)19)13(11-12)16(5,6)8-2/h9-11H,7-8H2,1-6H3,(H2,17,18,19). The average molecular weight is 297 g/mol. The first-order valence-corrected chi connectivity index (χ1v) is 8.68. The van der Waals surface area contributed by atoms with Crippen LogP contribution < -0.4 is 5.14 Å². The Kier molecular flexibility index (Phi) is 4.72. The maximum Gasteiger partial charge on any atom is 0.238 e. The summed E-state index contributed by atoms with van der Waals surface area (Å²) in [6, 6.07) is 5.57. The molecule has 114 valence electrons. The molecule has 0 radical (unpaired) electrons. The summed E-state index contributed by atoms with van der Waals surface area (Å²) in [6.45, 7) is 12.6. The highest BCUT2D eigenvalue weighted by Crippen LogP contribution is 2.36. The molecule has 1 aromatic rings. The second kappa shape index (κ2) is 5.49. The fourth-order valence-corrected chi connectivity index (χ4v) is 3.02. The Bertz CT molecular complexity index is 586. The van der Waals surface area contributed by atoms with Crippen molar-refractivity contribution in [3.8, 4) is 0 Å². The van der Waals surface area contributed by atoms with Gasteiger partial charge in [-0.15, -0.1) is 0 Å². The molecule has 0 amide bonds. The van der Waals surface area contributed by atoms with Crippen LogP contribution in [-0.2, 0) is 20.9 Å². The third-order valence-electron chi connectivity index (χ3n) is 4.56. The smallest absolute Gasteiger partial charge is 0.225 e. The van der Waals surface area contributed by atoms with Gasteiger partial charge in [-0.3, -0.25) is 0 Å². The van der Waals surface area contributed by atoms with Crippen molar-refractivity contribution in [2.45, 2.75) is 70.1 Å². The van der Waals surface area contributed by atoms with Crippen LogP contribution >= 0.6 is 0 Å². The first kappa shape index (κ1) is 17.2. The quantitative estimate of drug-likeness (QED) is 0.900. The molecule has 2 N–H and O–H groups in total. The fraction of sp³-hybridized carbons (Fsp3) is 0.625. The second-order valence-electron chi connectivity index (χ2n) is 6.73. The molecule has 0 aliphatic rings. The highest BCUT2D eigenvalue weighted by molar-refractivity contribution is 7.89. The van der Waals surface area contributed by atoms with Gasteiger partial charge in [-0.25, -0.2) is 13.6 Å². The van der Waals surface area contributed by atoms with Gasteiger partial charge in [0.15, 0.2) is 0 Å². The van der Waals surface area contributed by atoms with Gasteiger partial charge in [0.1, 0.15) is 0 Å². The van der Waals surface area contributed by atoms with E-state index < -0.39 is 10.0 Å². The molecule has 0 aliphatic heterocycles. The maximum atomic E-state index is 11.8. The Morgan fingerprint density at radius 2 is 1.50 bits per heavy atom. The topological polar surface area (TPSA) is 60.2 Å². The number of nitrogens with two attached hydrogens (primary N) is 1. The van der Waals surface area contributed by atoms with Crippen molar-refractivity contribution in [3.63, 3.8) is 0 Å². The average Bonchev–Trinajstić information content (AvgIpc) is 2.37. The molecule has 0 aromatic heterocycles. The third kappa shape index (κ3) is 3.41. The van der Waals surface area contributed by atoms with Crippen LogP contribution in [0.4, 0.5) is 0 Å². The molecule has 3 nitrogen and oxygen atoms in total. The lowest BCUT2D eigenvalue weighted by Gasteiger charge is -2.30. The summed E-state index contributed by atoms with van der Waals surface area (Å²) >= 11 is 0. The molecule has 0 saturated heterocycles. The highest BCUT2D eigenvalue weighted by atomic mass is 32.2. The number of sulfonamides is 1. The van der Waals surface area contributed by atoms with Crippen LogP contribution in [0.1, 0.15) is 65.5 Å². The summed E-state index contributed by atoms with van der Waals surface area (Å²) in [5, 5.41) is 5.37. The van der Waals surface area contributed by atoms with Crippen LogP contribution in [0.2, 0.25) is 0 Å². The first-order chi connectivity index (χ1) is 8.95. The van der Waals surface area contributed by atoms with Crippen molar-refractivity contribution < 1.29 is 8.42 Å². The van der Waals surface area contributed by atoms with Gasteiger partial charge in [0.2, 0.25) is 10.0 Å².